The Kier molecular flexibility index (Phi) is 10.7. The molecule has 0 spiro atoms. The number of aromatic amines is 2. The lowest BCUT2D eigenvalue weighted by Gasteiger charge is -2.26. The molecule has 16 heteroatoms. The van der Waals surface area contributed by atoms with Crippen molar-refractivity contribution in [3.63, 3.8) is 0 Å². The molecule has 11 N–H and O–H groups in total. The Labute approximate surface area is 211 Å². The van der Waals surface area contributed by atoms with Gasteiger partial charge < -0.3 is 47.6 Å². The molecular formula is C21H31N9O7. The number of nitrogens with one attached hydrogen (secondary N) is 5. The number of hydrogen-bond donors (Lipinski definition) is 9. The summed E-state index contributed by atoms with van der Waals surface area (Å²) in [6.07, 6.45) is 3.72. The number of nitrogens with two attached hydrogens (primary N) is 2. The fraction of sp³-hybridized carbons (Fsp3) is 0.476. The maximum absolute atomic E-state index is 13.1. The van der Waals surface area contributed by atoms with Gasteiger partial charge in [0.25, 0.3) is 0 Å². The van der Waals surface area contributed by atoms with E-state index < -0.39 is 59.9 Å². The van der Waals surface area contributed by atoms with E-state index >= 15 is 0 Å². The molecule has 2 rings (SSSR count). The molecule has 4 amide bonds. The van der Waals surface area contributed by atoms with Crippen molar-refractivity contribution in [3.8, 4) is 0 Å². The molecule has 202 valence electrons. The van der Waals surface area contributed by atoms with Gasteiger partial charge in [0, 0.05) is 43.0 Å². The summed E-state index contributed by atoms with van der Waals surface area (Å²) in [6.45, 7) is 1.24. The summed E-state index contributed by atoms with van der Waals surface area (Å²) < 4.78 is 0. The molecular weight excluding hydrogens is 490 g/mol. The lowest BCUT2D eigenvalue weighted by Crippen LogP contribution is -2.60. The summed E-state index contributed by atoms with van der Waals surface area (Å²) in [5.41, 5.74) is 11.7. The van der Waals surface area contributed by atoms with Crippen LogP contribution >= 0.6 is 0 Å². The molecule has 2 heterocycles. The fourth-order valence-corrected chi connectivity index (χ4v) is 3.27. The van der Waals surface area contributed by atoms with Crippen LogP contribution in [-0.2, 0) is 36.8 Å². The SMILES string of the molecule is CC(O)C(NC(=O)C(N)CCC(N)=O)C(=O)NC(Cc1cnc[nH]1)C(=O)NC(Cc1cnc[nH]1)C(=O)O. The average Bonchev–Trinajstić information content (AvgIpc) is 3.53. The highest BCUT2D eigenvalue weighted by Crippen LogP contribution is 2.05. The van der Waals surface area contributed by atoms with Crippen LogP contribution in [-0.4, -0.2) is 90.0 Å². The fourth-order valence-electron chi connectivity index (χ4n) is 3.27. The van der Waals surface area contributed by atoms with E-state index in [1.807, 2.05) is 0 Å². The van der Waals surface area contributed by atoms with Crippen molar-refractivity contribution in [3.05, 3.63) is 36.4 Å². The molecule has 0 aliphatic rings. The van der Waals surface area contributed by atoms with Gasteiger partial charge in [-0.05, 0) is 13.3 Å². The summed E-state index contributed by atoms with van der Waals surface area (Å²) in [5, 5.41) is 26.8. The zero-order valence-electron chi connectivity index (χ0n) is 20.0. The number of nitrogens with zero attached hydrogens (tertiary/aromatic N) is 2. The molecule has 0 bridgehead atoms. The van der Waals surface area contributed by atoms with Gasteiger partial charge in [-0.1, -0.05) is 0 Å². The molecule has 0 aliphatic heterocycles. The Morgan fingerprint density at radius 1 is 0.919 bits per heavy atom. The van der Waals surface area contributed by atoms with Crippen LogP contribution in [0.3, 0.4) is 0 Å². The standard InChI is InChI=1S/C21H31N9O7/c1-10(31)17(30-18(33)13(22)2-3-16(23)32)20(35)28-14(4-11-6-24-8-26-11)19(34)29-15(21(36)37)5-12-7-25-9-27-12/h6-10,13-15,17,31H,2-5,22H2,1H3,(H2,23,32)(H,24,26)(H,25,27)(H,28,35)(H,29,34)(H,30,33)(H,36,37). The molecule has 0 saturated carbocycles. The molecule has 0 radical (unpaired) electrons. The third kappa shape index (κ3) is 9.34. The van der Waals surface area contributed by atoms with Crippen molar-refractivity contribution in [2.45, 2.75) is 62.9 Å². The molecule has 16 nitrogen and oxygen atoms in total. The minimum atomic E-state index is -1.51. The van der Waals surface area contributed by atoms with Gasteiger partial charge in [-0.25, -0.2) is 14.8 Å². The maximum atomic E-state index is 13.1. The first-order valence-corrected chi connectivity index (χ1v) is 11.3. The normalized spacial score (nSPS) is 15.0. The number of primary amides is 1. The van der Waals surface area contributed by atoms with Gasteiger partial charge >= 0.3 is 5.97 Å². The monoisotopic (exact) mass is 521 g/mol. The summed E-state index contributed by atoms with van der Waals surface area (Å²) in [7, 11) is 0. The third-order valence-corrected chi connectivity index (χ3v) is 5.31. The van der Waals surface area contributed by atoms with Crippen molar-refractivity contribution in [2.75, 3.05) is 0 Å². The third-order valence-electron chi connectivity index (χ3n) is 5.31. The number of hydrogen-bond acceptors (Lipinski definition) is 9. The van der Waals surface area contributed by atoms with E-state index in [0.717, 1.165) is 0 Å². The predicted molar refractivity (Wildman–Crippen MR) is 126 cm³/mol. The predicted octanol–water partition coefficient (Wildman–Crippen LogP) is -3.57. The number of aromatic nitrogens is 4. The number of carboxylic acid groups (broad SMARTS) is 1. The average molecular weight is 522 g/mol. The zero-order chi connectivity index (χ0) is 27.5. The zero-order valence-corrected chi connectivity index (χ0v) is 20.0. The largest absolute Gasteiger partial charge is 0.480 e. The Morgan fingerprint density at radius 2 is 1.46 bits per heavy atom. The first-order chi connectivity index (χ1) is 17.5. The number of aliphatic hydroxyl groups excluding tert-OH is 1. The minimum absolute atomic E-state index is 0.0763. The van der Waals surface area contributed by atoms with Crippen LogP contribution in [0.2, 0.25) is 0 Å². The van der Waals surface area contributed by atoms with E-state index in [0.29, 0.717) is 11.4 Å². The van der Waals surface area contributed by atoms with Crippen LogP contribution in [0.4, 0.5) is 0 Å². The number of carbonyl (C=O) groups excluding carboxylic acids is 4. The lowest BCUT2D eigenvalue weighted by atomic mass is 10.1. The van der Waals surface area contributed by atoms with Crippen molar-refractivity contribution in [2.24, 2.45) is 11.5 Å². The van der Waals surface area contributed by atoms with Gasteiger partial charge in [0.15, 0.2) is 0 Å². The van der Waals surface area contributed by atoms with E-state index in [1.54, 1.807) is 0 Å². The number of aliphatic hydroxyl groups is 1. The van der Waals surface area contributed by atoms with E-state index in [4.69, 9.17) is 11.5 Å². The van der Waals surface area contributed by atoms with Crippen LogP contribution in [0.15, 0.2) is 25.0 Å². The number of aliphatic carboxylic acids is 1. The topological polar surface area (TPSA) is 271 Å². The van der Waals surface area contributed by atoms with Crippen molar-refractivity contribution >= 4 is 29.6 Å². The first-order valence-electron chi connectivity index (χ1n) is 11.3. The van der Waals surface area contributed by atoms with Gasteiger partial charge in [0.05, 0.1) is 24.8 Å². The highest BCUT2D eigenvalue weighted by Gasteiger charge is 2.33. The Bertz CT molecular complexity index is 1060. The molecule has 0 aromatic carbocycles. The van der Waals surface area contributed by atoms with Gasteiger partial charge in [0.2, 0.25) is 23.6 Å². The summed E-state index contributed by atoms with van der Waals surface area (Å²) in [5.74, 6) is -4.54. The van der Waals surface area contributed by atoms with Crippen molar-refractivity contribution in [1.82, 2.24) is 35.9 Å². The summed E-state index contributed by atoms with van der Waals surface area (Å²) in [6, 6.07) is -5.34. The quantitative estimate of drug-likeness (QED) is 0.111. The highest BCUT2D eigenvalue weighted by molar-refractivity contribution is 5.94. The van der Waals surface area contributed by atoms with Gasteiger partial charge in [-0.3, -0.25) is 19.2 Å². The van der Waals surface area contributed by atoms with Crippen LogP contribution in [0.1, 0.15) is 31.2 Å². The number of imidazole rings is 2. The molecule has 0 fully saturated rings. The number of carbonyl (C=O) groups is 5. The van der Waals surface area contributed by atoms with E-state index in [-0.39, 0.29) is 25.7 Å². The number of H-pyrrole nitrogens is 2. The Hall–Kier alpha value is -4.31. The molecule has 2 aromatic rings. The molecule has 5 unspecified atom stereocenters. The molecule has 37 heavy (non-hydrogen) atoms. The second kappa shape index (κ2) is 13.7. The molecule has 5 atom stereocenters. The molecule has 0 saturated heterocycles. The van der Waals surface area contributed by atoms with Crippen molar-refractivity contribution < 1.29 is 34.2 Å². The van der Waals surface area contributed by atoms with Gasteiger partial charge in [0.1, 0.15) is 18.1 Å². The van der Waals surface area contributed by atoms with Crippen LogP contribution in [0.25, 0.3) is 0 Å². The van der Waals surface area contributed by atoms with E-state index in [9.17, 15) is 34.2 Å². The van der Waals surface area contributed by atoms with Gasteiger partial charge in [-0.2, -0.15) is 0 Å². The lowest BCUT2D eigenvalue weighted by molar-refractivity contribution is -0.142. The summed E-state index contributed by atoms with van der Waals surface area (Å²) >= 11 is 0. The van der Waals surface area contributed by atoms with Crippen LogP contribution in [0, 0.1) is 0 Å². The highest BCUT2D eigenvalue weighted by atomic mass is 16.4. The van der Waals surface area contributed by atoms with Crippen molar-refractivity contribution in [1.29, 1.82) is 0 Å². The maximum Gasteiger partial charge on any atom is 0.326 e. The van der Waals surface area contributed by atoms with Crippen LogP contribution < -0.4 is 27.4 Å². The summed E-state index contributed by atoms with van der Waals surface area (Å²) in [4.78, 5) is 74.3. The first kappa shape index (κ1) is 28.9. The number of carboxylic acids is 1. The smallest absolute Gasteiger partial charge is 0.326 e. The second-order valence-corrected chi connectivity index (χ2v) is 8.36. The Morgan fingerprint density at radius 3 is 1.92 bits per heavy atom. The van der Waals surface area contributed by atoms with Gasteiger partial charge in [-0.15, -0.1) is 0 Å². The number of amides is 4. The number of rotatable bonds is 15. The second-order valence-electron chi connectivity index (χ2n) is 8.36. The van der Waals surface area contributed by atoms with E-state index in [1.165, 1.54) is 32.0 Å². The molecule has 2 aromatic heterocycles. The Balaban J connectivity index is 2.15. The molecule has 0 aliphatic carbocycles. The van der Waals surface area contributed by atoms with Crippen LogP contribution in [0.5, 0.6) is 0 Å². The van der Waals surface area contributed by atoms with E-state index in [2.05, 4.69) is 35.9 Å². The minimum Gasteiger partial charge on any atom is -0.480 e.